The number of carboxylic acid groups (broad SMARTS) is 1. The average molecular weight is 329 g/mol. The second-order valence-electron chi connectivity index (χ2n) is 5.00. The highest BCUT2D eigenvalue weighted by Crippen LogP contribution is 2.24. The summed E-state index contributed by atoms with van der Waals surface area (Å²) >= 11 is 5.99. The quantitative estimate of drug-likeness (QED) is 0.779. The molecule has 116 valence electrons. The molecular formula is C16H13ClN4O2. The van der Waals surface area contributed by atoms with E-state index in [-0.39, 0.29) is 6.42 Å². The molecule has 0 fully saturated rings. The van der Waals surface area contributed by atoms with Crippen LogP contribution in [0.5, 0.6) is 0 Å². The molecule has 1 N–H and O–H groups in total. The summed E-state index contributed by atoms with van der Waals surface area (Å²) in [4.78, 5) is 11.7. The van der Waals surface area contributed by atoms with Gasteiger partial charge >= 0.3 is 5.97 Å². The number of nitrogens with zero attached hydrogens (tertiary/aromatic N) is 4. The van der Waals surface area contributed by atoms with Gasteiger partial charge in [-0.2, -0.15) is 0 Å². The molecule has 1 unspecified atom stereocenters. The molecule has 1 heterocycles. The third kappa shape index (κ3) is 3.37. The molecule has 0 aliphatic rings. The topological polar surface area (TPSA) is 80.9 Å². The third-order valence-corrected chi connectivity index (χ3v) is 3.66. The maximum atomic E-state index is 11.7. The van der Waals surface area contributed by atoms with Crippen molar-refractivity contribution >= 4 is 17.6 Å². The predicted octanol–water partition coefficient (Wildman–Crippen LogP) is 2.86. The van der Waals surface area contributed by atoms with Gasteiger partial charge in [0.15, 0.2) is 11.9 Å². The van der Waals surface area contributed by atoms with E-state index in [1.807, 2.05) is 30.3 Å². The fourth-order valence-corrected chi connectivity index (χ4v) is 2.53. The maximum absolute atomic E-state index is 11.7. The number of hydrogen-bond acceptors (Lipinski definition) is 4. The fourth-order valence-electron chi connectivity index (χ4n) is 2.34. The van der Waals surface area contributed by atoms with Gasteiger partial charge < -0.3 is 5.11 Å². The molecule has 0 saturated carbocycles. The summed E-state index contributed by atoms with van der Waals surface area (Å²) in [5.41, 5.74) is 1.56. The van der Waals surface area contributed by atoms with Crippen LogP contribution in [0.4, 0.5) is 0 Å². The zero-order chi connectivity index (χ0) is 16.2. The van der Waals surface area contributed by atoms with Crippen molar-refractivity contribution in [3.05, 3.63) is 65.2 Å². The first-order valence-electron chi connectivity index (χ1n) is 6.95. The van der Waals surface area contributed by atoms with Crippen LogP contribution in [0, 0.1) is 0 Å². The van der Waals surface area contributed by atoms with Crippen LogP contribution in [0.2, 0.25) is 5.02 Å². The number of hydrogen-bond donors (Lipinski definition) is 1. The minimum absolute atomic E-state index is 0.286. The number of halogens is 1. The van der Waals surface area contributed by atoms with Crippen molar-refractivity contribution < 1.29 is 9.90 Å². The van der Waals surface area contributed by atoms with E-state index in [4.69, 9.17) is 11.6 Å². The summed E-state index contributed by atoms with van der Waals surface area (Å²) in [6, 6.07) is 15.5. The van der Waals surface area contributed by atoms with Crippen molar-refractivity contribution in [2.45, 2.75) is 12.5 Å². The summed E-state index contributed by atoms with van der Waals surface area (Å²) in [7, 11) is 0. The third-order valence-electron chi connectivity index (χ3n) is 3.43. The zero-order valence-electron chi connectivity index (χ0n) is 12.0. The maximum Gasteiger partial charge on any atom is 0.329 e. The Morgan fingerprint density at radius 2 is 1.96 bits per heavy atom. The van der Waals surface area contributed by atoms with E-state index < -0.39 is 12.0 Å². The standard InChI is InChI=1S/C16H13ClN4O2/c17-13-8-4-7-12(10-13)15-18-19-20-21(15)14(16(22)23)9-11-5-2-1-3-6-11/h1-8,10,14H,9H2,(H,22,23). The van der Waals surface area contributed by atoms with E-state index in [9.17, 15) is 9.90 Å². The lowest BCUT2D eigenvalue weighted by Crippen LogP contribution is -2.23. The van der Waals surface area contributed by atoms with Crippen molar-refractivity contribution in [2.75, 3.05) is 0 Å². The Hall–Kier alpha value is -2.73. The molecular weight excluding hydrogens is 316 g/mol. The fraction of sp³-hybridized carbons (Fsp3) is 0.125. The van der Waals surface area contributed by atoms with E-state index >= 15 is 0 Å². The molecule has 0 saturated heterocycles. The number of tetrazole rings is 1. The van der Waals surface area contributed by atoms with Gasteiger partial charge in [-0.15, -0.1) is 5.10 Å². The second kappa shape index (κ2) is 6.58. The summed E-state index contributed by atoms with van der Waals surface area (Å²) < 4.78 is 1.32. The normalized spacial score (nSPS) is 12.0. The highest BCUT2D eigenvalue weighted by atomic mass is 35.5. The van der Waals surface area contributed by atoms with Gasteiger partial charge in [0, 0.05) is 17.0 Å². The lowest BCUT2D eigenvalue weighted by molar-refractivity contribution is -0.141. The number of rotatable bonds is 5. The molecule has 0 spiro atoms. The van der Waals surface area contributed by atoms with Gasteiger partial charge in [0.1, 0.15) is 0 Å². The lowest BCUT2D eigenvalue weighted by Gasteiger charge is -2.14. The second-order valence-corrected chi connectivity index (χ2v) is 5.44. The molecule has 1 aromatic heterocycles. The van der Waals surface area contributed by atoms with E-state index in [0.717, 1.165) is 5.56 Å². The van der Waals surface area contributed by atoms with Crippen LogP contribution in [0.25, 0.3) is 11.4 Å². The first-order chi connectivity index (χ1) is 11.1. The smallest absolute Gasteiger partial charge is 0.329 e. The largest absolute Gasteiger partial charge is 0.480 e. The van der Waals surface area contributed by atoms with Crippen LogP contribution in [0.1, 0.15) is 11.6 Å². The van der Waals surface area contributed by atoms with Gasteiger partial charge in [-0.05, 0) is 28.1 Å². The van der Waals surface area contributed by atoms with Gasteiger partial charge in [0.05, 0.1) is 0 Å². The Bertz CT molecular complexity index is 820. The Balaban J connectivity index is 1.99. The van der Waals surface area contributed by atoms with Crippen LogP contribution < -0.4 is 0 Å². The molecule has 3 rings (SSSR count). The summed E-state index contributed by atoms with van der Waals surface area (Å²) in [6.45, 7) is 0. The molecule has 1 atom stereocenters. The van der Waals surface area contributed by atoms with Crippen LogP contribution in [-0.2, 0) is 11.2 Å². The molecule has 7 heteroatoms. The van der Waals surface area contributed by atoms with E-state index in [2.05, 4.69) is 15.5 Å². The van der Waals surface area contributed by atoms with Crippen LogP contribution in [0.15, 0.2) is 54.6 Å². The van der Waals surface area contributed by atoms with Gasteiger partial charge in [-0.25, -0.2) is 9.48 Å². The molecule has 2 aromatic carbocycles. The summed E-state index contributed by atoms with van der Waals surface area (Å²) in [5, 5.41) is 21.6. The Morgan fingerprint density at radius 3 is 2.65 bits per heavy atom. The van der Waals surface area contributed by atoms with Crippen molar-refractivity contribution in [1.82, 2.24) is 20.2 Å². The number of aliphatic carboxylic acids is 1. The number of aromatic nitrogens is 4. The highest BCUT2D eigenvalue weighted by molar-refractivity contribution is 6.30. The number of benzene rings is 2. The minimum atomic E-state index is -0.996. The van der Waals surface area contributed by atoms with Crippen molar-refractivity contribution in [3.63, 3.8) is 0 Å². The molecule has 0 amide bonds. The van der Waals surface area contributed by atoms with Gasteiger partial charge in [0.25, 0.3) is 0 Å². The van der Waals surface area contributed by atoms with Gasteiger partial charge in [-0.1, -0.05) is 54.1 Å². The first-order valence-corrected chi connectivity index (χ1v) is 7.33. The predicted molar refractivity (Wildman–Crippen MR) is 85.1 cm³/mol. The Labute approximate surface area is 137 Å². The average Bonchev–Trinajstić information content (AvgIpc) is 3.02. The van der Waals surface area contributed by atoms with Gasteiger partial charge in [0.2, 0.25) is 0 Å². The molecule has 0 bridgehead atoms. The molecule has 3 aromatic rings. The lowest BCUT2D eigenvalue weighted by atomic mass is 10.1. The molecule has 0 aliphatic heterocycles. The van der Waals surface area contributed by atoms with E-state index in [0.29, 0.717) is 16.4 Å². The SMILES string of the molecule is O=C(O)C(Cc1ccccc1)n1nnnc1-c1cccc(Cl)c1. The van der Waals surface area contributed by atoms with Crippen molar-refractivity contribution in [2.24, 2.45) is 0 Å². The number of carboxylic acids is 1. The number of carbonyl (C=O) groups is 1. The monoisotopic (exact) mass is 328 g/mol. The van der Waals surface area contributed by atoms with E-state index in [1.165, 1.54) is 4.68 Å². The Kier molecular flexibility index (Phi) is 4.34. The molecule has 0 aliphatic carbocycles. The Morgan fingerprint density at radius 1 is 1.17 bits per heavy atom. The summed E-state index contributed by atoms with van der Waals surface area (Å²) in [6.07, 6.45) is 0.286. The van der Waals surface area contributed by atoms with Crippen molar-refractivity contribution in [1.29, 1.82) is 0 Å². The van der Waals surface area contributed by atoms with Crippen LogP contribution in [-0.4, -0.2) is 31.3 Å². The van der Waals surface area contributed by atoms with Crippen LogP contribution >= 0.6 is 11.6 Å². The van der Waals surface area contributed by atoms with Gasteiger partial charge in [-0.3, -0.25) is 0 Å². The molecule has 23 heavy (non-hydrogen) atoms. The molecule has 0 radical (unpaired) electrons. The zero-order valence-corrected chi connectivity index (χ0v) is 12.8. The van der Waals surface area contributed by atoms with Crippen LogP contribution in [0.3, 0.4) is 0 Å². The summed E-state index contributed by atoms with van der Waals surface area (Å²) in [5.74, 6) is -0.625. The minimum Gasteiger partial charge on any atom is -0.480 e. The van der Waals surface area contributed by atoms with Crippen molar-refractivity contribution in [3.8, 4) is 11.4 Å². The molecule has 6 nitrogen and oxygen atoms in total. The highest BCUT2D eigenvalue weighted by Gasteiger charge is 2.25. The van der Waals surface area contributed by atoms with E-state index in [1.54, 1.807) is 24.3 Å². The first kappa shape index (κ1) is 15.2.